The molecule has 2 heterocycles. The van der Waals surface area contributed by atoms with Crippen molar-refractivity contribution in [2.75, 3.05) is 11.9 Å². The third kappa shape index (κ3) is 3.14. The van der Waals surface area contributed by atoms with Crippen LogP contribution in [0.15, 0.2) is 49.1 Å². The van der Waals surface area contributed by atoms with Crippen molar-refractivity contribution < 1.29 is 4.74 Å². The summed E-state index contributed by atoms with van der Waals surface area (Å²) in [5.74, 6) is 1.21. The lowest BCUT2D eigenvalue weighted by molar-refractivity contribution is 0.326. The smallest absolute Gasteiger partial charge is 0.218 e. The number of rotatable bonds is 5. The molecule has 0 radical (unpaired) electrons. The zero-order chi connectivity index (χ0) is 14.5. The summed E-state index contributed by atoms with van der Waals surface area (Å²) < 4.78 is 7.04. The molecule has 106 valence electrons. The monoisotopic (exact) mass is 282 g/mol. The molecule has 0 amide bonds. The molecule has 0 unspecified atom stereocenters. The van der Waals surface area contributed by atoms with Crippen molar-refractivity contribution in [3.8, 4) is 11.6 Å². The number of anilines is 2. The molecule has 0 fully saturated rings. The predicted octanol–water partition coefficient (Wildman–Crippen LogP) is 2.20. The van der Waals surface area contributed by atoms with Gasteiger partial charge in [-0.1, -0.05) is 11.3 Å². The second-order valence-corrected chi connectivity index (χ2v) is 4.20. The minimum Gasteiger partial charge on any atom is -0.478 e. The van der Waals surface area contributed by atoms with Crippen molar-refractivity contribution in [2.45, 2.75) is 6.92 Å². The fourth-order valence-corrected chi connectivity index (χ4v) is 1.85. The molecule has 0 bridgehead atoms. The molecule has 0 saturated carbocycles. The lowest BCUT2D eigenvalue weighted by Gasteiger charge is -2.08. The van der Waals surface area contributed by atoms with Gasteiger partial charge in [-0.25, -0.2) is 14.6 Å². The Morgan fingerprint density at radius 2 is 2.19 bits per heavy atom. The first-order valence-corrected chi connectivity index (χ1v) is 6.54. The number of aromatic nitrogens is 5. The van der Waals surface area contributed by atoms with Gasteiger partial charge in [0.1, 0.15) is 12.1 Å². The Balaban J connectivity index is 1.82. The molecule has 0 aliphatic carbocycles. The van der Waals surface area contributed by atoms with Crippen molar-refractivity contribution in [3.05, 3.63) is 49.1 Å². The summed E-state index contributed by atoms with van der Waals surface area (Å²) in [6, 6.07) is 9.54. The summed E-state index contributed by atoms with van der Waals surface area (Å²) in [6.07, 6.45) is 4.89. The second-order valence-electron chi connectivity index (χ2n) is 4.20. The van der Waals surface area contributed by atoms with Crippen molar-refractivity contribution in [2.24, 2.45) is 0 Å². The van der Waals surface area contributed by atoms with Gasteiger partial charge in [0.2, 0.25) is 5.88 Å². The molecule has 21 heavy (non-hydrogen) atoms. The molecule has 0 spiro atoms. The highest BCUT2D eigenvalue weighted by molar-refractivity contribution is 5.59. The number of ether oxygens (including phenoxy) is 1. The summed E-state index contributed by atoms with van der Waals surface area (Å²) in [7, 11) is 0. The maximum Gasteiger partial charge on any atom is 0.218 e. The highest BCUT2D eigenvalue weighted by Gasteiger charge is 2.02. The van der Waals surface area contributed by atoms with Gasteiger partial charge in [-0.05, 0) is 25.1 Å². The molecule has 3 rings (SSSR count). The molecule has 0 atom stereocenters. The summed E-state index contributed by atoms with van der Waals surface area (Å²) in [6.45, 7) is 2.48. The Hall–Kier alpha value is -2.96. The average Bonchev–Trinajstić information content (AvgIpc) is 3.03. The molecule has 0 saturated heterocycles. The Kier molecular flexibility index (Phi) is 3.72. The van der Waals surface area contributed by atoms with Crippen LogP contribution in [-0.2, 0) is 0 Å². The van der Waals surface area contributed by atoms with E-state index in [4.69, 9.17) is 4.74 Å². The summed E-state index contributed by atoms with van der Waals surface area (Å²) in [5.41, 5.74) is 1.81. The molecule has 1 N–H and O–H groups in total. The molecule has 0 aliphatic heterocycles. The zero-order valence-electron chi connectivity index (χ0n) is 11.5. The van der Waals surface area contributed by atoms with Gasteiger partial charge in [0, 0.05) is 11.8 Å². The Morgan fingerprint density at radius 1 is 1.24 bits per heavy atom. The zero-order valence-corrected chi connectivity index (χ0v) is 11.5. The maximum atomic E-state index is 5.35. The first-order chi connectivity index (χ1) is 10.3. The highest BCUT2D eigenvalue weighted by Crippen LogP contribution is 2.19. The van der Waals surface area contributed by atoms with Gasteiger partial charge in [0.25, 0.3) is 0 Å². The molecule has 2 aromatic heterocycles. The van der Waals surface area contributed by atoms with E-state index < -0.39 is 0 Å². The third-order valence-electron chi connectivity index (χ3n) is 2.74. The lowest BCUT2D eigenvalue weighted by Crippen LogP contribution is -2.00. The van der Waals surface area contributed by atoms with Gasteiger partial charge in [-0.15, -0.1) is 5.10 Å². The Bertz CT molecular complexity index is 713. The molecule has 3 aromatic rings. The lowest BCUT2D eigenvalue weighted by atomic mass is 10.3. The first-order valence-electron chi connectivity index (χ1n) is 6.54. The molecular formula is C14H14N6O. The van der Waals surface area contributed by atoms with Crippen molar-refractivity contribution in [1.29, 1.82) is 0 Å². The van der Waals surface area contributed by atoms with Crippen LogP contribution in [0, 0.1) is 0 Å². The van der Waals surface area contributed by atoms with Crippen LogP contribution in [0.1, 0.15) is 6.92 Å². The fourth-order valence-electron chi connectivity index (χ4n) is 1.85. The van der Waals surface area contributed by atoms with Gasteiger partial charge in [-0.3, -0.25) is 0 Å². The summed E-state index contributed by atoms with van der Waals surface area (Å²) in [5, 5.41) is 11.0. The second kappa shape index (κ2) is 6.00. The van der Waals surface area contributed by atoms with Crippen LogP contribution in [0.5, 0.6) is 5.88 Å². The number of hydrogen-bond donors (Lipinski definition) is 1. The molecule has 0 aliphatic rings. The van der Waals surface area contributed by atoms with Crippen LogP contribution in [-0.4, -0.2) is 31.6 Å². The van der Waals surface area contributed by atoms with E-state index in [1.54, 1.807) is 23.1 Å². The molecule has 7 nitrogen and oxygen atoms in total. The first kappa shape index (κ1) is 13.0. The molecular weight excluding hydrogens is 268 g/mol. The largest absolute Gasteiger partial charge is 0.478 e. The van der Waals surface area contributed by atoms with Crippen molar-refractivity contribution in [3.63, 3.8) is 0 Å². The average molecular weight is 282 g/mol. The molecule has 7 heteroatoms. The summed E-state index contributed by atoms with van der Waals surface area (Å²) in [4.78, 5) is 8.21. The van der Waals surface area contributed by atoms with E-state index in [9.17, 15) is 0 Å². The van der Waals surface area contributed by atoms with E-state index in [0.29, 0.717) is 18.3 Å². The van der Waals surface area contributed by atoms with Crippen molar-refractivity contribution in [1.82, 2.24) is 25.0 Å². The topological polar surface area (TPSA) is 77.8 Å². The number of benzene rings is 1. The van der Waals surface area contributed by atoms with Gasteiger partial charge in [0.05, 0.1) is 24.7 Å². The summed E-state index contributed by atoms with van der Waals surface area (Å²) >= 11 is 0. The minimum absolute atomic E-state index is 0.544. The van der Waals surface area contributed by atoms with Gasteiger partial charge in [0.15, 0.2) is 0 Å². The van der Waals surface area contributed by atoms with E-state index in [1.807, 2.05) is 31.2 Å². The van der Waals surface area contributed by atoms with E-state index in [1.165, 1.54) is 6.33 Å². The maximum absolute atomic E-state index is 5.35. The van der Waals surface area contributed by atoms with Gasteiger partial charge < -0.3 is 10.1 Å². The minimum atomic E-state index is 0.544. The van der Waals surface area contributed by atoms with Crippen LogP contribution < -0.4 is 10.1 Å². The van der Waals surface area contributed by atoms with E-state index in [0.717, 1.165) is 11.4 Å². The number of nitrogens with one attached hydrogen (secondary N) is 1. The van der Waals surface area contributed by atoms with Gasteiger partial charge in [-0.2, -0.15) is 0 Å². The van der Waals surface area contributed by atoms with Crippen LogP contribution in [0.4, 0.5) is 11.5 Å². The SMILES string of the molecule is CCOc1cc(Nc2cccc(-n3ccnn3)c2)ncn1. The third-order valence-corrected chi connectivity index (χ3v) is 2.74. The van der Waals surface area contributed by atoms with Crippen LogP contribution in [0.3, 0.4) is 0 Å². The quantitative estimate of drug-likeness (QED) is 0.773. The fraction of sp³-hybridized carbons (Fsp3) is 0.143. The van der Waals surface area contributed by atoms with E-state index >= 15 is 0 Å². The standard InChI is InChI=1S/C14H14N6O/c1-2-21-14-9-13(15-10-16-14)18-11-4-3-5-12(8-11)20-7-6-17-19-20/h3-10H,2H2,1H3,(H,15,16,18). The molecule has 1 aromatic carbocycles. The van der Waals surface area contributed by atoms with E-state index in [-0.39, 0.29) is 0 Å². The van der Waals surface area contributed by atoms with Crippen LogP contribution in [0.25, 0.3) is 5.69 Å². The van der Waals surface area contributed by atoms with E-state index in [2.05, 4.69) is 25.6 Å². The van der Waals surface area contributed by atoms with Crippen molar-refractivity contribution >= 4 is 11.5 Å². The number of hydrogen-bond acceptors (Lipinski definition) is 6. The van der Waals surface area contributed by atoms with Gasteiger partial charge >= 0.3 is 0 Å². The normalized spacial score (nSPS) is 10.3. The Labute approximate surface area is 121 Å². The Morgan fingerprint density at radius 3 is 3.00 bits per heavy atom. The van der Waals surface area contributed by atoms with Crippen LogP contribution >= 0.6 is 0 Å². The predicted molar refractivity (Wildman–Crippen MR) is 77.8 cm³/mol. The van der Waals surface area contributed by atoms with Crippen LogP contribution in [0.2, 0.25) is 0 Å². The number of nitrogens with zero attached hydrogens (tertiary/aromatic N) is 5. The highest BCUT2D eigenvalue weighted by atomic mass is 16.5.